The van der Waals surface area contributed by atoms with Gasteiger partial charge in [-0.05, 0) is 31.5 Å². The molecule has 0 atom stereocenters. The Morgan fingerprint density at radius 2 is 2.17 bits per heavy atom. The molecule has 24 heavy (non-hydrogen) atoms. The maximum absolute atomic E-state index is 12.0. The van der Waals surface area contributed by atoms with Crippen molar-refractivity contribution in [3.8, 4) is 0 Å². The molecule has 3 heterocycles. The lowest BCUT2D eigenvalue weighted by Gasteiger charge is -2.05. The molecule has 9 heteroatoms. The van der Waals surface area contributed by atoms with Crippen molar-refractivity contribution in [3.63, 3.8) is 0 Å². The number of nitrogen functional groups attached to an aromatic ring is 1. The number of hydrogen-bond acceptors (Lipinski definition) is 7. The van der Waals surface area contributed by atoms with E-state index in [0.717, 1.165) is 15.8 Å². The van der Waals surface area contributed by atoms with E-state index in [2.05, 4.69) is 20.3 Å². The van der Waals surface area contributed by atoms with E-state index < -0.39 is 0 Å². The number of amides is 1. The molecule has 3 rings (SSSR count). The minimum absolute atomic E-state index is 0.165. The third-order valence-electron chi connectivity index (χ3n) is 3.36. The molecule has 0 bridgehead atoms. The summed E-state index contributed by atoms with van der Waals surface area (Å²) < 4.78 is 0. The molecule has 0 fully saturated rings. The molecule has 0 spiro atoms. The van der Waals surface area contributed by atoms with Crippen molar-refractivity contribution >= 4 is 62.5 Å². The molecule has 0 saturated carbocycles. The first-order chi connectivity index (χ1) is 11.4. The number of thioether (sulfide) groups is 1. The van der Waals surface area contributed by atoms with Gasteiger partial charge in [-0.25, -0.2) is 15.0 Å². The SMILES string of the molecule is Cc1sc2nc(SCC(=O)Nc3ccc(Cl)cn3)nc(N)c2c1C. The van der Waals surface area contributed by atoms with Crippen molar-refractivity contribution in [2.24, 2.45) is 0 Å². The van der Waals surface area contributed by atoms with Gasteiger partial charge in [0.15, 0.2) is 5.16 Å². The minimum Gasteiger partial charge on any atom is -0.383 e. The summed E-state index contributed by atoms with van der Waals surface area (Å²) in [6.07, 6.45) is 1.48. The molecule has 3 aromatic rings. The van der Waals surface area contributed by atoms with Gasteiger partial charge in [0.25, 0.3) is 0 Å². The topological polar surface area (TPSA) is 93.8 Å². The summed E-state index contributed by atoms with van der Waals surface area (Å²) >= 11 is 8.57. The zero-order chi connectivity index (χ0) is 17.3. The second kappa shape index (κ2) is 6.92. The van der Waals surface area contributed by atoms with E-state index in [1.54, 1.807) is 23.5 Å². The van der Waals surface area contributed by atoms with E-state index >= 15 is 0 Å². The van der Waals surface area contributed by atoms with Crippen molar-refractivity contribution in [3.05, 3.63) is 33.8 Å². The van der Waals surface area contributed by atoms with Crippen LogP contribution in [0.1, 0.15) is 10.4 Å². The number of rotatable bonds is 4. The highest BCUT2D eigenvalue weighted by molar-refractivity contribution is 7.99. The van der Waals surface area contributed by atoms with Gasteiger partial charge in [0.05, 0.1) is 16.2 Å². The van der Waals surface area contributed by atoms with Crippen molar-refractivity contribution in [2.45, 2.75) is 19.0 Å². The molecule has 3 N–H and O–H groups in total. The number of carbonyl (C=O) groups is 1. The Morgan fingerprint density at radius 1 is 1.38 bits per heavy atom. The van der Waals surface area contributed by atoms with Crippen molar-refractivity contribution in [2.75, 3.05) is 16.8 Å². The maximum atomic E-state index is 12.0. The number of nitrogens with zero attached hydrogens (tertiary/aromatic N) is 3. The molecule has 0 aromatic carbocycles. The Balaban J connectivity index is 1.69. The van der Waals surface area contributed by atoms with Gasteiger partial charge in [-0.2, -0.15) is 0 Å². The zero-order valence-corrected chi connectivity index (χ0v) is 15.3. The average Bonchev–Trinajstić information content (AvgIpc) is 2.82. The summed E-state index contributed by atoms with van der Waals surface area (Å²) in [7, 11) is 0. The van der Waals surface area contributed by atoms with Gasteiger partial charge in [-0.15, -0.1) is 11.3 Å². The van der Waals surface area contributed by atoms with Crippen LogP contribution in [-0.2, 0) is 4.79 Å². The summed E-state index contributed by atoms with van der Waals surface area (Å²) in [5.41, 5.74) is 7.14. The average molecular weight is 380 g/mol. The number of thiophene rings is 1. The predicted molar refractivity (Wildman–Crippen MR) is 99.9 cm³/mol. The Labute approximate surface area is 151 Å². The third-order valence-corrected chi connectivity index (χ3v) is 5.54. The number of aryl methyl sites for hydroxylation is 2. The van der Waals surface area contributed by atoms with Crippen molar-refractivity contribution in [1.29, 1.82) is 0 Å². The summed E-state index contributed by atoms with van der Waals surface area (Å²) in [6.45, 7) is 4.04. The lowest BCUT2D eigenvalue weighted by molar-refractivity contribution is -0.113. The molecular formula is C15H14ClN5OS2. The maximum Gasteiger partial charge on any atom is 0.236 e. The number of aromatic nitrogens is 3. The Bertz CT molecular complexity index is 910. The van der Waals surface area contributed by atoms with Gasteiger partial charge in [0, 0.05) is 11.1 Å². The molecular weight excluding hydrogens is 366 g/mol. The summed E-state index contributed by atoms with van der Waals surface area (Å²) in [5, 5.41) is 4.59. The van der Waals surface area contributed by atoms with Crippen LogP contribution in [-0.4, -0.2) is 26.6 Å². The van der Waals surface area contributed by atoms with Crippen LogP contribution in [0.2, 0.25) is 5.02 Å². The highest BCUT2D eigenvalue weighted by Crippen LogP contribution is 2.33. The van der Waals surface area contributed by atoms with E-state index in [1.165, 1.54) is 22.8 Å². The minimum atomic E-state index is -0.198. The van der Waals surface area contributed by atoms with Gasteiger partial charge in [0.2, 0.25) is 5.91 Å². The van der Waals surface area contributed by atoms with Crippen LogP contribution in [0.25, 0.3) is 10.2 Å². The smallest absolute Gasteiger partial charge is 0.236 e. The lowest BCUT2D eigenvalue weighted by Crippen LogP contribution is -2.15. The lowest BCUT2D eigenvalue weighted by atomic mass is 10.2. The molecule has 0 radical (unpaired) electrons. The monoisotopic (exact) mass is 379 g/mol. The second-order valence-electron chi connectivity index (χ2n) is 5.05. The molecule has 0 aliphatic heterocycles. The Hall–Kier alpha value is -1.90. The summed E-state index contributed by atoms with van der Waals surface area (Å²) in [6, 6.07) is 3.30. The van der Waals surface area contributed by atoms with Gasteiger partial charge in [-0.3, -0.25) is 4.79 Å². The van der Waals surface area contributed by atoms with E-state index in [0.29, 0.717) is 21.8 Å². The molecule has 3 aromatic heterocycles. The van der Waals surface area contributed by atoms with E-state index in [-0.39, 0.29) is 11.7 Å². The standard InChI is InChI=1S/C15H14ClN5OS2/c1-7-8(2)24-14-12(7)13(17)20-15(21-14)23-6-11(22)19-10-4-3-9(16)5-18-10/h3-5H,6H2,1-2H3,(H2,17,20,21)(H,18,19,22). The third kappa shape index (κ3) is 3.61. The molecule has 0 aliphatic rings. The first kappa shape index (κ1) is 16.9. The molecule has 6 nitrogen and oxygen atoms in total. The number of carbonyl (C=O) groups excluding carboxylic acids is 1. The molecule has 1 amide bonds. The van der Waals surface area contributed by atoms with E-state index in [4.69, 9.17) is 17.3 Å². The molecule has 0 aliphatic carbocycles. The first-order valence-corrected chi connectivity index (χ1v) is 9.19. The van der Waals surface area contributed by atoms with Crippen LogP contribution in [0.4, 0.5) is 11.6 Å². The number of hydrogen-bond donors (Lipinski definition) is 2. The van der Waals surface area contributed by atoms with Crippen LogP contribution in [0.3, 0.4) is 0 Å². The van der Waals surface area contributed by atoms with Gasteiger partial charge >= 0.3 is 0 Å². The molecule has 0 saturated heterocycles. The van der Waals surface area contributed by atoms with E-state index in [9.17, 15) is 4.79 Å². The summed E-state index contributed by atoms with van der Waals surface area (Å²) in [5.74, 6) is 0.864. The highest BCUT2D eigenvalue weighted by atomic mass is 35.5. The van der Waals surface area contributed by atoms with Crippen molar-refractivity contribution < 1.29 is 4.79 Å². The largest absolute Gasteiger partial charge is 0.383 e. The van der Waals surface area contributed by atoms with Crippen LogP contribution in [0.15, 0.2) is 23.5 Å². The van der Waals surface area contributed by atoms with E-state index in [1.807, 2.05) is 13.8 Å². The fourth-order valence-electron chi connectivity index (χ4n) is 2.08. The quantitative estimate of drug-likeness (QED) is 0.530. The van der Waals surface area contributed by atoms with Gasteiger partial charge < -0.3 is 11.1 Å². The van der Waals surface area contributed by atoms with Gasteiger partial charge in [0.1, 0.15) is 16.5 Å². The fraction of sp³-hybridized carbons (Fsp3) is 0.200. The number of fused-ring (bicyclic) bond motifs is 1. The second-order valence-corrected chi connectivity index (χ2v) is 7.64. The summed E-state index contributed by atoms with van der Waals surface area (Å²) in [4.78, 5) is 26.8. The van der Waals surface area contributed by atoms with Crippen LogP contribution >= 0.6 is 34.7 Å². The Kier molecular flexibility index (Phi) is 4.88. The Morgan fingerprint density at radius 3 is 2.88 bits per heavy atom. The number of halogens is 1. The van der Waals surface area contributed by atoms with Crippen LogP contribution in [0, 0.1) is 13.8 Å². The zero-order valence-electron chi connectivity index (χ0n) is 13.0. The highest BCUT2D eigenvalue weighted by Gasteiger charge is 2.14. The normalized spacial score (nSPS) is 11.0. The first-order valence-electron chi connectivity index (χ1n) is 7.01. The van der Waals surface area contributed by atoms with Gasteiger partial charge in [-0.1, -0.05) is 23.4 Å². The number of nitrogens with one attached hydrogen (secondary N) is 1. The predicted octanol–water partition coefficient (Wildman–Crippen LogP) is 3.67. The van der Waals surface area contributed by atoms with Crippen molar-refractivity contribution in [1.82, 2.24) is 15.0 Å². The van der Waals surface area contributed by atoms with Crippen LogP contribution in [0.5, 0.6) is 0 Å². The number of pyridine rings is 1. The number of anilines is 2. The molecule has 0 unspecified atom stereocenters. The fourth-order valence-corrected chi connectivity index (χ4v) is 3.94. The van der Waals surface area contributed by atoms with Crippen LogP contribution < -0.4 is 11.1 Å². The number of nitrogens with two attached hydrogens (primary N) is 1. The molecule has 124 valence electrons.